The van der Waals surface area contributed by atoms with Gasteiger partial charge in [-0.05, 0) is 30.9 Å². The zero-order valence-electron chi connectivity index (χ0n) is 20.3. The first-order chi connectivity index (χ1) is 17.9. The molecule has 3 aromatic rings. The van der Waals surface area contributed by atoms with Crippen LogP contribution in [0.4, 0.5) is 25.5 Å². The van der Waals surface area contributed by atoms with E-state index < -0.39 is 18.3 Å². The van der Waals surface area contributed by atoms with Crippen molar-refractivity contribution in [3.8, 4) is 11.7 Å². The molecule has 1 atom stereocenters. The number of ether oxygens (including phenoxy) is 2. The number of morpholine rings is 1. The van der Waals surface area contributed by atoms with Crippen LogP contribution >= 0.6 is 0 Å². The number of imidazole rings is 1. The van der Waals surface area contributed by atoms with E-state index in [1.165, 1.54) is 11.7 Å². The number of fused-ring (bicyclic) bond motifs is 1. The average Bonchev–Trinajstić information content (AvgIpc) is 3.33. The molecule has 5 rings (SSSR count). The molecular formula is C23H28F2N8O4. The van der Waals surface area contributed by atoms with Crippen LogP contribution in [0.3, 0.4) is 0 Å². The third-order valence-corrected chi connectivity index (χ3v) is 6.53. The highest BCUT2D eigenvalue weighted by molar-refractivity contribution is 5.84. The van der Waals surface area contributed by atoms with Crippen molar-refractivity contribution < 1.29 is 28.2 Å². The van der Waals surface area contributed by atoms with Crippen LogP contribution in [0.1, 0.15) is 25.1 Å². The molecule has 12 nitrogen and oxygen atoms in total. The van der Waals surface area contributed by atoms with Gasteiger partial charge in [-0.1, -0.05) is 6.07 Å². The number of rotatable bonds is 7. The average molecular weight is 519 g/mol. The van der Waals surface area contributed by atoms with E-state index in [1.807, 2.05) is 9.80 Å². The first kappa shape index (κ1) is 24.9. The molecule has 37 heavy (non-hydrogen) atoms. The maximum atomic E-state index is 14.2. The van der Waals surface area contributed by atoms with Gasteiger partial charge in [-0.25, -0.2) is 18.6 Å². The number of alkyl halides is 2. The molecule has 0 bridgehead atoms. The fourth-order valence-corrected chi connectivity index (χ4v) is 4.75. The molecule has 14 heteroatoms. The van der Waals surface area contributed by atoms with Crippen LogP contribution in [-0.4, -0.2) is 88.8 Å². The number of para-hydroxylation sites is 1. The Morgan fingerprint density at radius 3 is 2.57 bits per heavy atom. The minimum absolute atomic E-state index is 0.0309. The highest BCUT2D eigenvalue weighted by Gasteiger charge is 2.28. The predicted octanol–water partition coefficient (Wildman–Crippen LogP) is 2.48. The monoisotopic (exact) mass is 518 g/mol. The van der Waals surface area contributed by atoms with Crippen LogP contribution in [0.2, 0.25) is 0 Å². The van der Waals surface area contributed by atoms with E-state index in [0.29, 0.717) is 69.1 Å². The van der Waals surface area contributed by atoms with Crippen LogP contribution in [0.15, 0.2) is 18.2 Å². The highest BCUT2D eigenvalue weighted by atomic mass is 19.3. The third-order valence-electron chi connectivity index (χ3n) is 6.53. The van der Waals surface area contributed by atoms with E-state index in [-0.39, 0.29) is 17.4 Å². The summed E-state index contributed by atoms with van der Waals surface area (Å²) in [7, 11) is 1.46. The van der Waals surface area contributed by atoms with Crippen LogP contribution in [0, 0.1) is 5.92 Å². The van der Waals surface area contributed by atoms with Crippen LogP contribution in [0.5, 0.6) is 5.75 Å². The second kappa shape index (κ2) is 10.7. The van der Waals surface area contributed by atoms with Crippen molar-refractivity contribution in [2.75, 3.05) is 62.8 Å². The summed E-state index contributed by atoms with van der Waals surface area (Å²) < 4.78 is 40.5. The quantitative estimate of drug-likeness (QED) is 0.481. The van der Waals surface area contributed by atoms with Crippen molar-refractivity contribution in [1.29, 1.82) is 0 Å². The lowest BCUT2D eigenvalue weighted by atomic mass is 9.98. The Balaban J connectivity index is 1.60. The zero-order chi connectivity index (χ0) is 25.9. The van der Waals surface area contributed by atoms with Crippen molar-refractivity contribution in [3.63, 3.8) is 0 Å². The Hall–Kier alpha value is -3.81. The molecule has 2 saturated heterocycles. The number of aromatic nitrogens is 5. The van der Waals surface area contributed by atoms with Gasteiger partial charge in [-0.3, -0.25) is 4.57 Å². The van der Waals surface area contributed by atoms with Gasteiger partial charge in [0.1, 0.15) is 11.3 Å². The fraction of sp³-hybridized carbons (Fsp3) is 0.522. The highest BCUT2D eigenvalue weighted by Crippen LogP contribution is 2.32. The lowest BCUT2D eigenvalue weighted by Gasteiger charge is -2.33. The van der Waals surface area contributed by atoms with E-state index in [4.69, 9.17) is 19.6 Å². The minimum Gasteiger partial charge on any atom is -0.494 e. The molecule has 0 radical (unpaired) electrons. The van der Waals surface area contributed by atoms with Gasteiger partial charge in [-0.15, -0.1) is 0 Å². The summed E-state index contributed by atoms with van der Waals surface area (Å²) in [4.78, 5) is 33.0. The maximum Gasteiger partial charge on any atom is 0.404 e. The van der Waals surface area contributed by atoms with Crippen molar-refractivity contribution in [3.05, 3.63) is 24.0 Å². The lowest BCUT2D eigenvalue weighted by Crippen LogP contribution is -2.42. The number of hydrogen-bond donors (Lipinski definition) is 2. The second-order valence-corrected chi connectivity index (χ2v) is 8.91. The number of halogens is 2. The molecule has 2 N–H and O–H groups in total. The summed E-state index contributed by atoms with van der Waals surface area (Å²) >= 11 is 0. The van der Waals surface area contributed by atoms with Crippen LogP contribution in [-0.2, 0) is 4.74 Å². The largest absolute Gasteiger partial charge is 0.494 e. The van der Waals surface area contributed by atoms with E-state index in [2.05, 4.69) is 20.3 Å². The molecule has 2 aliphatic rings. The van der Waals surface area contributed by atoms with E-state index in [1.54, 1.807) is 18.2 Å². The van der Waals surface area contributed by atoms with Crippen molar-refractivity contribution >= 4 is 29.0 Å². The van der Waals surface area contributed by atoms with Crippen molar-refractivity contribution in [2.45, 2.75) is 19.3 Å². The number of carboxylic acid groups (broad SMARTS) is 1. The summed E-state index contributed by atoms with van der Waals surface area (Å²) in [5.74, 6) is 0.670. The topological polar surface area (TPSA) is 131 Å². The third kappa shape index (κ3) is 5.19. The fourth-order valence-electron chi connectivity index (χ4n) is 4.75. The molecule has 1 aromatic carbocycles. The Bertz CT molecular complexity index is 1270. The van der Waals surface area contributed by atoms with Crippen LogP contribution in [0.25, 0.3) is 17.0 Å². The lowest BCUT2D eigenvalue weighted by molar-refractivity contribution is 0.122. The Kier molecular flexibility index (Phi) is 7.17. The molecule has 0 aliphatic carbocycles. The van der Waals surface area contributed by atoms with E-state index in [0.717, 1.165) is 12.8 Å². The summed E-state index contributed by atoms with van der Waals surface area (Å²) in [5, 5.41) is 11.4. The van der Waals surface area contributed by atoms with Gasteiger partial charge in [-0.2, -0.15) is 15.0 Å². The first-order valence-electron chi connectivity index (χ1n) is 12.1. The number of hydrogen-bond acceptors (Lipinski definition) is 9. The summed E-state index contributed by atoms with van der Waals surface area (Å²) in [6, 6.07) is 5.03. The molecular weight excluding hydrogens is 490 g/mol. The summed E-state index contributed by atoms with van der Waals surface area (Å²) in [5.41, 5.74) is 0.676. The number of methoxy groups -OCH3 is 1. The normalized spacial score (nSPS) is 18.4. The molecule has 4 heterocycles. The molecule has 2 aromatic heterocycles. The van der Waals surface area contributed by atoms with E-state index >= 15 is 0 Å². The number of benzene rings is 1. The minimum atomic E-state index is -2.88. The second-order valence-electron chi connectivity index (χ2n) is 8.91. The smallest absolute Gasteiger partial charge is 0.404 e. The zero-order valence-corrected chi connectivity index (χ0v) is 20.3. The van der Waals surface area contributed by atoms with Gasteiger partial charge in [0.25, 0.3) is 6.43 Å². The number of piperidine rings is 1. The van der Waals surface area contributed by atoms with Gasteiger partial charge in [0.05, 0.1) is 25.8 Å². The van der Waals surface area contributed by atoms with Crippen molar-refractivity contribution in [1.82, 2.24) is 29.8 Å². The van der Waals surface area contributed by atoms with Crippen molar-refractivity contribution in [2.24, 2.45) is 5.92 Å². The van der Waals surface area contributed by atoms with Gasteiger partial charge in [0.2, 0.25) is 17.8 Å². The van der Waals surface area contributed by atoms with Crippen LogP contribution < -0.4 is 19.9 Å². The van der Waals surface area contributed by atoms with E-state index in [9.17, 15) is 13.6 Å². The molecule has 0 spiro atoms. The molecule has 2 aliphatic heterocycles. The number of nitrogens with zero attached hydrogens (tertiary/aromatic N) is 7. The Morgan fingerprint density at radius 1 is 1.14 bits per heavy atom. The molecule has 0 saturated carbocycles. The summed E-state index contributed by atoms with van der Waals surface area (Å²) in [6.45, 7) is 3.57. The predicted molar refractivity (Wildman–Crippen MR) is 130 cm³/mol. The molecule has 2 fully saturated rings. The Labute approximate surface area is 211 Å². The SMILES string of the molecule is COc1cccc2c1nc(C(F)F)n2-c1nc(N2CCOCC2)nc(N2CCCC(CNC(=O)O)C2)n1. The summed E-state index contributed by atoms with van der Waals surface area (Å²) in [6.07, 6.45) is -2.29. The number of anilines is 2. The van der Waals surface area contributed by atoms with Gasteiger partial charge < -0.3 is 29.7 Å². The number of carbonyl (C=O) groups is 1. The number of nitrogens with one attached hydrogen (secondary N) is 1. The number of amides is 1. The first-order valence-corrected chi connectivity index (χ1v) is 12.1. The van der Waals surface area contributed by atoms with Gasteiger partial charge in [0, 0.05) is 32.7 Å². The standard InChI is InChI=1S/C23H28F2N8O4/c1-36-16-6-2-5-15-17(16)27-19(18(24)25)33(15)22-29-20(31-8-10-37-11-9-31)28-21(30-22)32-7-3-4-14(13-32)12-26-23(34)35/h2,5-6,14,18,26H,3-4,7-13H2,1H3,(H,34,35). The maximum absolute atomic E-state index is 14.2. The Morgan fingerprint density at radius 2 is 1.86 bits per heavy atom. The van der Waals surface area contributed by atoms with Gasteiger partial charge in [0.15, 0.2) is 5.82 Å². The molecule has 1 amide bonds. The molecule has 1 unspecified atom stereocenters. The van der Waals surface area contributed by atoms with Gasteiger partial charge >= 0.3 is 6.09 Å². The molecule has 198 valence electrons.